The highest BCUT2D eigenvalue weighted by Gasteiger charge is 2.14. The van der Waals surface area contributed by atoms with E-state index in [1.54, 1.807) is 0 Å². The minimum atomic E-state index is -0.205. The largest absolute Gasteiger partial charge is 0.302 e. The van der Waals surface area contributed by atoms with E-state index in [-0.39, 0.29) is 5.91 Å². The molecule has 20 heavy (non-hydrogen) atoms. The van der Waals surface area contributed by atoms with E-state index < -0.39 is 0 Å². The SMILES string of the molecule is Cc1sc(C(=O)NN)cc1CN(C)CCN1CCCC1. The van der Waals surface area contributed by atoms with E-state index in [0.29, 0.717) is 4.88 Å². The van der Waals surface area contributed by atoms with Gasteiger partial charge in [0.1, 0.15) is 0 Å². The third-order valence-corrected chi connectivity index (χ3v) is 4.90. The van der Waals surface area contributed by atoms with Crippen LogP contribution in [0, 0.1) is 6.92 Å². The maximum Gasteiger partial charge on any atom is 0.275 e. The molecule has 1 amide bonds. The predicted molar refractivity (Wildman–Crippen MR) is 82.7 cm³/mol. The standard InChI is InChI=1S/C14H24N4OS/c1-11-12(9-13(20-11)14(19)16-15)10-17(2)7-8-18-5-3-4-6-18/h9H,3-8,10,15H2,1-2H3,(H,16,19). The number of hydrazine groups is 1. The molecule has 0 aliphatic carbocycles. The minimum absolute atomic E-state index is 0.205. The summed E-state index contributed by atoms with van der Waals surface area (Å²) in [5.74, 6) is 4.97. The number of nitrogen functional groups attached to an aromatic ring is 1. The Morgan fingerprint density at radius 2 is 2.20 bits per heavy atom. The summed E-state index contributed by atoms with van der Waals surface area (Å²) in [5, 5.41) is 0. The summed E-state index contributed by atoms with van der Waals surface area (Å²) in [7, 11) is 2.13. The minimum Gasteiger partial charge on any atom is -0.302 e. The average Bonchev–Trinajstić information content (AvgIpc) is 3.06. The molecular weight excluding hydrogens is 272 g/mol. The summed E-state index contributed by atoms with van der Waals surface area (Å²) in [6.45, 7) is 7.62. The number of hydrogen-bond donors (Lipinski definition) is 2. The molecule has 1 fully saturated rings. The lowest BCUT2D eigenvalue weighted by molar-refractivity contribution is 0.0957. The molecule has 0 atom stereocenters. The lowest BCUT2D eigenvalue weighted by atomic mass is 10.2. The van der Waals surface area contributed by atoms with Crippen LogP contribution in [0.25, 0.3) is 0 Å². The molecule has 2 rings (SSSR count). The van der Waals surface area contributed by atoms with Crippen LogP contribution in [0.4, 0.5) is 0 Å². The fourth-order valence-corrected chi connectivity index (χ4v) is 3.49. The number of aryl methyl sites for hydroxylation is 1. The van der Waals surface area contributed by atoms with Crippen molar-refractivity contribution in [3.05, 3.63) is 21.4 Å². The molecule has 1 aromatic heterocycles. The zero-order valence-electron chi connectivity index (χ0n) is 12.3. The Morgan fingerprint density at radius 3 is 2.85 bits per heavy atom. The van der Waals surface area contributed by atoms with Crippen LogP contribution in [0.3, 0.4) is 0 Å². The quantitative estimate of drug-likeness (QED) is 0.470. The highest BCUT2D eigenvalue weighted by Crippen LogP contribution is 2.22. The molecule has 1 aromatic rings. The van der Waals surface area contributed by atoms with Crippen molar-refractivity contribution in [2.45, 2.75) is 26.3 Å². The average molecular weight is 296 g/mol. The van der Waals surface area contributed by atoms with E-state index in [2.05, 4.69) is 29.2 Å². The summed E-state index contributed by atoms with van der Waals surface area (Å²) in [6.07, 6.45) is 2.68. The number of nitrogens with one attached hydrogen (secondary N) is 1. The van der Waals surface area contributed by atoms with Crippen molar-refractivity contribution in [3.63, 3.8) is 0 Å². The molecule has 3 N–H and O–H groups in total. The number of likely N-dealkylation sites (N-methyl/N-ethyl adjacent to an activating group) is 1. The number of hydrogen-bond acceptors (Lipinski definition) is 5. The smallest absolute Gasteiger partial charge is 0.275 e. The molecule has 5 nitrogen and oxygen atoms in total. The van der Waals surface area contributed by atoms with E-state index in [1.807, 2.05) is 6.07 Å². The highest BCUT2D eigenvalue weighted by atomic mass is 32.1. The Morgan fingerprint density at radius 1 is 1.50 bits per heavy atom. The van der Waals surface area contributed by atoms with Crippen molar-refractivity contribution in [3.8, 4) is 0 Å². The Balaban J connectivity index is 1.85. The first kappa shape index (κ1) is 15.4. The number of nitrogens with zero attached hydrogens (tertiary/aromatic N) is 2. The van der Waals surface area contributed by atoms with Gasteiger partial charge in [-0.3, -0.25) is 10.2 Å². The molecule has 2 heterocycles. The van der Waals surface area contributed by atoms with Crippen molar-refractivity contribution in [1.82, 2.24) is 15.2 Å². The van der Waals surface area contributed by atoms with Gasteiger partial charge in [0.15, 0.2) is 0 Å². The van der Waals surface area contributed by atoms with Gasteiger partial charge in [-0.05, 0) is 51.5 Å². The van der Waals surface area contributed by atoms with Crippen LogP contribution in [0.2, 0.25) is 0 Å². The molecule has 112 valence electrons. The number of likely N-dealkylation sites (tertiary alicyclic amines) is 1. The van der Waals surface area contributed by atoms with Crippen molar-refractivity contribution < 1.29 is 4.79 Å². The molecule has 1 saturated heterocycles. The maximum absolute atomic E-state index is 11.5. The maximum atomic E-state index is 11.5. The van der Waals surface area contributed by atoms with Crippen LogP contribution in [-0.2, 0) is 6.54 Å². The number of amides is 1. The molecule has 0 radical (unpaired) electrons. The van der Waals surface area contributed by atoms with Crippen molar-refractivity contribution in [1.29, 1.82) is 0 Å². The van der Waals surface area contributed by atoms with Gasteiger partial charge in [0, 0.05) is 24.5 Å². The van der Waals surface area contributed by atoms with E-state index >= 15 is 0 Å². The van der Waals surface area contributed by atoms with Crippen molar-refractivity contribution >= 4 is 17.2 Å². The van der Waals surface area contributed by atoms with Crippen molar-refractivity contribution in [2.24, 2.45) is 5.84 Å². The fourth-order valence-electron chi connectivity index (χ4n) is 2.55. The van der Waals surface area contributed by atoms with Gasteiger partial charge in [-0.2, -0.15) is 0 Å². The zero-order chi connectivity index (χ0) is 14.5. The number of thiophene rings is 1. The molecular formula is C14H24N4OS. The Labute approximate surface area is 124 Å². The van der Waals surface area contributed by atoms with E-state index in [4.69, 9.17) is 5.84 Å². The first-order valence-electron chi connectivity index (χ1n) is 7.11. The molecule has 0 bridgehead atoms. The van der Waals surface area contributed by atoms with Crippen LogP contribution >= 0.6 is 11.3 Å². The van der Waals surface area contributed by atoms with Gasteiger partial charge in [-0.25, -0.2) is 5.84 Å². The lowest BCUT2D eigenvalue weighted by Crippen LogP contribution is -2.31. The fraction of sp³-hybridized carbons (Fsp3) is 0.643. The molecule has 0 unspecified atom stereocenters. The number of carbonyl (C=O) groups is 1. The molecule has 6 heteroatoms. The van der Waals surface area contributed by atoms with Crippen LogP contribution in [0.5, 0.6) is 0 Å². The van der Waals surface area contributed by atoms with Crippen molar-refractivity contribution in [2.75, 3.05) is 33.2 Å². The summed E-state index contributed by atoms with van der Waals surface area (Å²) in [5.41, 5.74) is 3.41. The molecule has 0 spiro atoms. The first-order valence-corrected chi connectivity index (χ1v) is 7.93. The van der Waals surface area contributed by atoms with Crippen LogP contribution < -0.4 is 11.3 Å². The predicted octanol–water partition coefficient (Wildman–Crippen LogP) is 1.19. The summed E-state index contributed by atoms with van der Waals surface area (Å²) in [6, 6.07) is 1.95. The van der Waals surface area contributed by atoms with Gasteiger partial charge in [-0.15, -0.1) is 11.3 Å². The van der Waals surface area contributed by atoms with Crippen LogP contribution in [-0.4, -0.2) is 48.9 Å². The van der Waals surface area contributed by atoms with Crippen LogP contribution in [0.15, 0.2) is 6.07 Å². The van der Waals surface area contributed by atoms with Gasteiger partial charge in [0.25, 0.3) is 5.91 Å². The third-order valence-electron chi connectivity index (χ3n) is 3.81. The Bertz CT molecular complexity index is 454. The van der Waals surface area contributed by atoms with E-state index in [0.717, 1.165) is 19.6 Å². The summed E-state index contributed by atoms with van der Waals surface area (Å²) < 4.78 is 0. The zero-order valence-corrected chi connectivity index (χ0v) is 13.1. The molecule has 1 aliphatic heterocycles. The molecule has 1 aliphatic rings. The van der Waals surface area contributed by atoms with E-state index in [1.165, 1.54) is 47.7 Å². The normalized spacial score (nSPS) is 16.0. The highest BCUT2D eigenvalue weighted by molar-refractivity contribution is 7.14. The monoisotopic (exact) mass is 296 g/mol. The Hall–Kier alpha value is -0.950. The first-order chi connectivity index (χ1) is 9.60. The van der Waals surface area contributed by atoms with E-state index in [9.17, 15) is 4.79 Å². The molecule has 0 aromatic carbocycles. The number of rotatable bonds is 6. The third kappa shape index (κ3) is 4.02. The summed E-state index contributed by atoms with van der Waals surface area (Å²) >= 11 is 1.50. The second kappa shape index (κ2) is 7.17. The molecule has 0 saturated carbocycles. The summed E-state index contributed by atoms with van der Waals surface area (Å²) in [4.78, 5) is 18.2. The second-order valence-corrected chi connectivity index (χ2v) is 6.71. The van der Waals surface area contributed by atoms with Gasteiger partial charge >= 0.3 is 0 Å². The van der Waals surface area contributed by atoms with Gasteiger partial charge in [0.05, 0.1) is 4.88 Å². The van der Waals surface area contributed by atoms with Gasteiger partial charge < -0.3 is 9.80 Å². The van der Waals surface area contributed by atoms with Crippen LogP contribution in [0.1, 0.15) is 33.0 Å². The number of nitrogens with two attached hydrogens (primary N) is 1. The van der Waals surface area contributed by atoms with Gasteiger partial charge in [-0.1, -0.05) is 0 Å². The topological polar surface area (TPSA) is 61.6 Å². The Kier molecular flexibility index (Phi) is 5.54. The number of carbonyl (C=O) groups excluding carboxylic acids is 1. The lowest BCUT2D eigenvalue weighted by Gasteiger charge is -2.21. The second-order valence-electron chi connectivity index (χ2n) is 5.45. The van der Waals surface area contributed by atoms with Gasteiger partial charge in [0.2, 0.25) is 0 Å².